The number of fused-ring (bicyclic) bond motifs is 9. The fourth-order valence-corrected chi connectivity index (χ4v) is 9.08. The molecule has 0 bridgehead atoms. The van der Waals surface area contributed by atoms with Gasteiger partial charge in [-0.05, 0) is 80.2 Å². The first-order chi connectivity index (χ1) is 20.1. The molecular formula is C39H25NS. The van der Waals surface area contributed by atoms with E-state index in [1.807, 2.05) is 11.3 Å². The summed E-state index contributed by atoms with van der Waals surface area (Å²) < 4.78 is 5.24. The highest BCUT2D eigenvalue weighted by Gasteiger charge is 2.36. The van der Waals surface area contributed by atoms with Crippen molar-refractivity contribution in [3.05, 3.63) is 126 Å². The molecule has 0 fully saturated rings. The van der Waals surface area contributed by atoms with Crippen molar-refractivity contribution in [2.45, 2.75) is 19.3 Å². The van der Waals surface area contributed by atoms with Crippen LogP contribution in [-0.2, 0) is 5.41 Å². The van der Waals surface area contributed by atoms with Gasteiger partial charge in [-0.2, -0.15) is 0 Å². The smallest absolute Gasteiger partial charge is 0.0544 e. The van der Waals surface area contributed by atoms with Gasteiger partial charge in [0.1, 0.15) is 0 Å². The average Bonchev–Trinajstić information content (AvgIpc) is 3.62. The average molecular weight is 540 g/mol. The van der Waals surface area contributed by atoms with E-state index in [4.69, 9.17) is 0 Å². The molecule has 2 aromatic heterocycles. The SMILES string of the molecule is CC1(C)c2ccccc2-c2cc3c4ccccc4n(-c4cc5sc6cccc7c8ccccc8c(c4)c5c67)c3cc21. The molecular weight excluding hydrogens is 515 g/mol. The Balaban J connectivity index is 1.37. The van der Waals surface area contributed by atoms with Crippen LogP contribution in [0, 0.1) is 0 Å². The zero-order valence-electron chi connectivity index (χ0n) is 22.8. The lowest BCUT2D eigenvalue weighted by Gasteiger charge is -2.21. The van der Waals surface area contributed by atoms with Gasteiger partial charge in [0.05, 0.1) is 11.0 Å². The zero-order chi connectivity index (χ0) is 27.0. The quantitative estimate of drug-likeness (QED) is 0.183. The van der Waals surface area contributed by atoms with E-state index in [-0.39, 0.29) is 5.41 Å². The molecule has 9 aromatic rings. The van der Waals surface area contributed by atoms with E-state index < -0.39 is 0 Å². The molecule has 0 unspecified atom stereocenters. The van der Waals surface area contributed by atoms with Crippen LogP contribution in [0.25, 0.3) is 80.3 Å². The summed E-state index contributed by atoms with van der Waals surface area (Å²) in [6.07, 6.45) is 0. The van der Waals surface area contributed by atoms with Crippen LogP contribution < -0.4 is 0 Å². The molecule has 0 N–H and O–H groups in total. The molecule has 7 aromatic carbocycles. The van der Waals surface area contributed by atoms with Gasteiger partial charge in [0.2, 0.25) is 0 Å². The van der Waals surface area contributed by atoms with E-state index in [2.05, 4.69) is 134 Å². The van der Waals surface area contributed by atoms with Crippen molar-refractivity contribution >= 4 is 74.9 Å². The van der Waals surface area contributed by atoms with Gasteiger partial charge in [0.15, 0.2) is 0 Å². The number of thiophene rings is 1. The summed E-state index contributed by atoms with van der Waals surface area (Å²) in [6, 6.07) is 43.4. The summed E-state index contributed by atoms with van der Waals surface area (Å²) in [6.45, 7) is 4.75. The number of hydrogen-bond donors (Lipinski definition) is 0. The van der Waals surface area contributed by atoms with Crippen LogP contribution in [-0.4, -0.2) is 4.57 Å². The van der Waals surface area contributed by atoms with Gasteiger partial charge in [-0.1, -0.05) is 92.7 Å². The number of benzene rings is 7. The molecule has 2 heterocycles. The lowest BCUT2D eigenvalue weighted by Crippen LogP contribution is -2.14. The number of aromatic nitrogens is 1. The maximum absolute atomic E-state index is 2.52. The molecule has 192 valence electrons. The molecule has 0 saturated heterocycles. The van der Waals surface area contributed by atoms with Crippen LogP contribution in [0.3, 0.4) is 0 Å². The van der Waals surface area contributed by atoms with E-state index in [0.717, 1.165) is 0 Å². The maximum Gasteiger partial charge on any atom is 0.0544 e. The first kappa shape index (κ1) is 22.1. The largest absolute Gasteiger partial charge is 0.309 e. The minimum atomic E-state index is -0.0435. The lowest BCUT2D eigenvalue weighted by molar-refractivity contribution is 0.661. The van der Waals surface area contributed by atoms with Gasteiger partial charge < -0.3 is 4.57 Å². The van der Waals surface area contributed by atoms with Crippen molar-refractivity contribution < 1.29 is 0 Å². The fraction of sp³-hybridized carbons (Fsp3) is 0.0769. The molecule has 0 saturated carbocycles. The van der Waals surface area contributed by atoms with Crippen molar-refractivity contribution in [2.75, 3.05) is 0 Å². The third kappa shape index (κ3) is 2.62. The van der Waals surface area contributed by atoms with Crippen molar-refractivity contribution in [2.24, 2.45) is 0 Å². The molecule has 1 aliphatic rings. The van der Waals surface area contributed by atoms with Crippen LogP contribution in [0.2, 0.25) is 0 Å². The van der Waals surface area contributed by atoms with Crippen molar-refractivity contribution in [1.82, 2.24) is 4.57 Å². The van der Waals surface area contributed by atoms with Gasteiger partial charge in [0.25, 0.3) is 0 Å². The molecule has 0 atom stereocenters. The molecule has 0 spiro atoms. The summed E-state index contributed by atoms with van der Waals surface area (Å²) in [7, 11) is 0. The van der Waals surface area contributed by atoms with Gasteiger partial charge in [-0.15, -0.1) is 11.3 Å². The Morgan fingerprint density at radius 1 is 0.488 bits per heavy atom. The third-order valence-corrected chi connectivity index (χ3v) is 10.8. The Bertz CT molecular complexity index is 2560. The predicted molar refractivity (Wildman–Crippen MR) is 177 cm³/mol. The number of nitrogens with zero attached hydrogens (tertiary/aromatic N) is 1. The minimum absolute atomic E-state index is 0.0435. The second-order valence-corrected chi connectivity index (χ2v) is 13.2. The first-order valence-corrected chi connectivity index (χ1v) is 15.2. The summed E-state index contributed by atoms with van der Waals surface area (Å²) in [5, 5.41) is 10.8. The lowest BCUT2D eigenvalue weighted by atomic mass is 9.82. The summed E-state index contributed by atoms with van der Waals surface area (Å²) in [4.78, 5) is 0. The standard InChI is InChI=1S/C39H25NS/c1-39(2)31-15-7-5-12-25(31)28-20-29-26-13-6-8-16-33(26)40(34(29)21-32(28)39)22-18-30-24-11-4-3-10-23(24)27-14-9-17-35-37(27)38(30)36(19-22)41-35/h3-21H,1-2H3. The molecule has 2 heteroatoms. The molecule has 0 amide bonds. The second kappa shape index (κ2) is 7.34. The van der Waals surface area contributed by atoms with Crippen LogP contribution >= 0.6 is 11.3 Å². The Morgan fingerprint density at radius 3 is 2.07 bits per heavy atom. The number of hydrogen-bond acceptors (Lipinski definition) is 1. The highest BCUT2D eigenvalue weighted by molar-refractivity contribution is 7.26. The van der Waals surface area contributed by atoms with Gasteiger partial charge in [0, 0.05) is 42.0 Å². The first-order valence-electron chi connectivity index (χ1n) is 14.4. The Labute approximate surface area is 241 Å². The summed E-state index contributed by atoms with van der Waals surface area (Å²) in [5.41, 5.74) is 9.30. The van der Waals surface area contributed by atoms with Crippen molar-refractivity contribution in [1.29, 1.82) is 0 Å². The van der Waals surface area contributed by atoms with Crippen LogP contribution in [0.5, 0.6) is 0 Å². The van der Waals surface area contributed by atoms with Gasteiger partial charge in [-0.25, -0.2) is 0 Å². The Kier molecular flexibility index (Phi) is 3.95. The van der Waals surface area contributed by atoms with Gasteiger partial charge in [-0.3, -0.25) is 0 Å². The highest BCUT2D eigenvalue weighted by atomic mass is 32.1. The number of para-hydroxylation sites is 1. The van der Waals surface area contributed by atoms with E-state index in [9.17, 15) is 0 Å². The topological polar surface area (TPSA) is 4.93 Å². The Hall–Kier alpha value is -4.66. The molecule has 10 rings (SSSR count). The monoisotopic (exact) mass is 539 g/mol. The third-order valence-electron chi connectivity index (χ3n) is 9.72. The zero-order valence-corrected chi connectivity index (χ0v) is 23.6. The normalized spacial score (nSPS) is 14.3. The van der Waals surface area contributed by atoms with Crippen molar-refractivity contribution in [3.8, 4) is 16.8 Å². The van der Waals surface area contributed by atoms with E-state index in [1.54, 1.807) is 0 Å². The Morgan fingerprint density at radius 2 is 1.20 bits per heavy atom. The molecule has 41 heavy (non-hydrogen) atoms. The van der Waals surface area contributed by atoms with E-state index in [0.29, 0.717) is 0 Å². The van der Waals surface area contributed by atoms with E-state index >= 15 is 0 Å². The molecule has 1 aliphatic carbocycles. The second-order valence-electron chi connectivity index (χ2n) is 12.1. The van der Waals surface area contributed by atoms with Crippen LogP contribution in [0.15, 0.2) is 115 Å². The molecule has 0 aliphatic heterocycles. The van der Waals surface area contributed by atoms with E-state index in [1.165, 1.54) is 91.5 Å². The highest BCUT2D eigenvalue weighted by Crippen LogP contribution is 2.51. The predicted octanol–water partition coefficient (Wildman–Crippen LogP) is 11.2. The maximum atomic E-state index is 2.52. The van der Waals surface area contributed by atoms with Crippen LogP contribution in [0.1, 0.15) is 25.0 Å². The summed E-state index contributed by atoms with van der Waals surface area (Å²) in [5.74, 6) is 0. The molecule has 0 radical (unpaired) electrons. The summed E-state index contributed by atoms with van der Waals surface area (Å²) >= 11 is 1.92. The van der Waals surface area contributed by atoms with Gasteiger partial charge >= 0.3 is 0 Å². The number of rotatable bonds is 1. The van der Waals surface area contributed by atoms with Crippen molar-refractivity contribution in [3.63, 3.8) is 0 Å². The fourth-order valence-electron chi connectivity index (χ4n) is 7.89. The van der Waals surface area contributed by atoms with Crippen LogP contribution in [0.4, 0.5) is 0 Å². The minimum Gasteiger partial charge on any atom is -0.309 e. The molecule has 1 nitrogen and oxygen atoms in total.